The predicted molar refractivity (Wildman–Crippen MR) is 107 cm³/mol. The fraction of sp³-hybridized carbons (Fsp3) is 0.421. The number of anilines is 1. The average Bonchev–Trinajstić information content (AvgIpc) is 3.19. The SMILES string of the molecule is CCSN1CC(n2cc(-c3cc(NC(=O)C4CC4)nc4[nH]ccc34)cn2)C1. The van der Waals surface area contributed by atoms with Crippen molar-refractivity contribution in [3.8, 4) is 11.1 Å². The van der Waals surface area contributed by atoms with E-state index in [1.54, 1.807) is 0 Å². The summed E-state index contributed by atoms with van der Waals surface area (Å²) in [5.41, 5.74) is 2.86. The molecule has 4 heterocycles. The molecule has 5 rings (SSSR count). The van der Waals surface area contributed by atoms with Gasteiger partial charge in [0.2, 0.25) is 5.91 Å². The van der Waals surface area contributed by atoms with E-state index in [-0.39, 0.29) is 11.8 Å². The Bertz CT molecular complexity index is 985. The molecular weight excluding hydrogens is 360 g/mol. The van der Waals surface area contributed by atoms with Gasteiger partial charge in [-0.15, -0.1) is 0 Å². The minimum atomic E-state index is 0.0676. The van der Waals surface area contributed by atoms with Crippen molar-refractivity contribution >= 4 is 34.7 Å². The molecule has 0 atom stereocenters. The number of hydrogen-bond acceptors (Lipinski definition) is 5. The van der Waals surface area contributed by atoms with Gasteiger partial charge in [-0.2, -0.15) is 5.10 Å². The highest BCUT2D eigenvalue weighted by Crippen LogP contribution is 2.34. The molecule has 140 valence electrons. The van der Waals surface area contributed by atoms with Crippen LogP contribution >= 0.6 is 11.9 Å². The number of hydrogen-bond donors (Lipinski definition) is 2. The normalized spacial score (nSPS) is 18.0. The fourth-order valence-electron chi connectivity index (χ4n) is 3.46. The van der Waals surface area contributed by atoms with Crippen molar-refractivity contribution in [2.24, 2.45) is 5.92 Å². The molecule has 0 radical (unpaired) electrons. The maximum absolute atomic E-state index is 12.1. The lowest BCUT2D eigenvalue weighted by Gasteiger charge is -2.37. The highest BCUT2D eigenvalue weighted by atomic mass is 32.2. The number of carbonyl (C=O) groups is 1. The molecule has 0 spiro atoms. The van der Waals surface area contributed by atoms with E-state index < -0.39 is 0 Å². The number of aromatic amines is 1. The van der Waals surface area contributed by atoms with Crippen LogP contribution in [0.25, 0.3) is 22.2 Å². The van der Waals surface area contributed by atoms with Gasteiger partial charge in [0.25, 0.3) is 0 Å². The van der Waals surface area contributed by atoms with Crippen LogP contribution in [0.2, 0.25) is 0 Å². The lowest BCUT2D eigenvalue weighted by Crippen LogP contribution is -2.43. The molecule has 2 fully saturated rings. The number of fused-ring (bicyclic) bond motifs is 1. The molecule has 1 saturated heterocycles. The third-order valence-corrected chi connectivity index (χ3v) is 6.08. The molecule has 3 aromatic heterocycles. The Morgan fingerprint density at radius 2 is 2.26 bits per heavy atom. The van der Waals surface area contributed by atoms with Crippen LogP contribution in [0.4, 0.5) is 5.82 Å². The molecule has 2 aliphatic rings. The Hall–Kier alpha value is -2.32. The van der Waals surface area contributed by atoms with Gasteiger partial charge >= 0.3 is 0 Å². The third-order valence-electron chi connectivity index (χ3n) is 5.16. The summed E-state index contributed by atoms with van der Waals surface area (Å²) in [5, 5.41) is 8.59. The van der Waals surface area contributed by atoms with Crippen LogP contribution in [0.5, 0.6) is 0 Å². The zero-order valence-corrected chi connectivity index (χ0v) is 16.0. The summed E-state index contributed by atoms with van der Waals surface area (Å²) >= 11 is 1.88. The monoisotopic (exact) mass is 382 g/mol. The van der Waals surface area contributed by atoms with Crippen LogP contribution in [0.1, 0.15) is 25.8 Å². The Kier molecular flexibility index (Phi) is 4.17. The van der Waals surface area contributed by atoms with Crippen LogP contribution in [-0.4, -0.2) is 48.8 Å². The number of aromatic nitrogens is 4. The van der Waals surface area contributed by atoms with E-state index in [1.165, 1.54) is 0 Å². The molecule has 1 amide bonds. The van der Waals surface area contributed by atoms with E-state index in [9.17, 15) is 4.79 Å². The number of pyridine rings is 1. The molecule has 8 heteroatoms. The van der Waals surface area contributed by atoms with E-state index >= 15 is 0 Å². The zero-order valence-electron chi connectivity index (χ0n) is 15.2. The molecule has 0 bridgehead atoms. The largest absolute Gasteiger partial charge is 0.346 e. The number of rotatable bonds is 6. The summed E-state index contributed by atoms with van der Waals surface area (Å²) in [4.78, 5) is 19.8. The number of H-pyrrole nitrogens is 1. The molecule has 1 saturated carbocycles. The molecule has 1 aliphatic carbocycles. The van der Waals surface area contributed by atoms with Crippen LogP contribution in [-0.2, 0) is 4.79 Å². The van der Waals surface area contributed by atoms with Gasteiger partial charge in [-0.3, -0.25) is 9.48 Å². The van der Waals surface area contributed by atoms with Crippen LogP contribution in [0.15, 0.2) is 30.7 Å². The minimum absolute atomic E-state index is 0.0676. The number of nitrogens with one attached hydrogen (secondary N) is 2. The van der Waals surface area contributed by atoms with Gasteiger partial charge in [0.15, 0.2) is 0 Å². The maximum atomic E-state index is 12.1. The first-order chi connectivity index (χ1) is 13.2. The number of nitrogens with zero attached hydrogens (tertiary/aromatic N) is 4. The molecule has 2 N–H and O–H groups in total. The molecular formula is C19H22N6OS. The van der Waals surface area contributed by atoms with E-state index in [2.05, 4.69) is 42.5 Å². The Morgan fingerprint density at radius 3 is 3.04 bits per heavy atom. The van der Waals surface area contributed by atoms with Crippen molar-refractivity contribution in [3.05, 3.63) is 30.7 Å². The fourth-order valence-corrected chi connectivity index (χ4v) is 4.38. The average molecular weight is 382 g/mol. The first kappa shape index (κ1) is 16.8. The van der Waals surface area contributed by atoms with Gasteiger partial charge in [-0.1, -0.05) is 18.9 Å². The Morgan fingerprint density at radius 1 is 1.41 bits per heavy atom. The molecule has 1 aliphatic heterocycles. The van der Waals surface area contributed by atoms with Crippen molar-refractivity contribution in [1.29, 1.82) is 0 Å². The Labute approximate surface area is 161 Å². The van der Waals surface area contributed by atoms with Crippen molar-refractivity contribution < 1.29 is 4.79 Å². The van der Waals surface area contributed by atoms with Gasteiger partial charge < -0.3 is 10.3 Å². The van der Waals surface area contributed by atoms with E-state index in [0.717, 1.165) is 53.8 Å². The first-order valence-corrected chi connectivity index (χ1v) is 10.4. The molecule has 0 aromatic carbocycles. The van der Waals surface area contributed by atoms with Gasteiger partial charge in [0.05, 0.1) is 12.2 Å². The number of carbonyl (C=O) groups excluding carboxylic acids is 1. The second-order valence-corrected chi connectivity index (χ2v) is 8.54. The maximum Gasteiger partial charge on any atom is 0.228 e. The quantitative estimate of drug-likeness (QED) is 0.640. The highest BCUT2D eigenvalue weighted by molar-refractivity contribution is 7.97. The van der Waals surface area contributed by atoms with Gasteiger partial charge in [-0.05, 0) is 30.5 Å². The van der Waals surface area contributed by atoms with Gasteiger partial charge in [-0.25, -0.2) is 9.29 Å². The van der Waals surface area contributed by atoms with Crippen LogP contribution < -0.4 is 5.32 Å². The highest BCUT2D eigenvalue weighted by Gasteiger charge is 2.30. The molecule has 0 unspecified atom stereocenters. The molecule has 3 aromatic rings. The summed E-state index contributed by atoms with van der Waals surface area (Å²) in [7, 11) is 0. The molecule has 7 nitrogen and oxygen atoms in total. The topological polar surface area (TPSA) is 78.8 Å². The lowest BCUT2D eigenvalue weighted by molar-refractivity contribution is -0.117. The predicted octanol–water partition coefficient (Wildman–Crippen LogP) is 3.30. The zero-order chi connectivity index (χ0) is 18.4. The van der Waals surface area contributed by atoms with E-state index in [0.29, 0.717) is 11.9 Å². The van der Waals surface area contributed by atoms with E-state index in [4.69, 9.17) is 0 Å². The van der Waals surface area contributed by atoms with Gasteiger partial charge in [0, 0.05) is 48.1 Å². The van der Waals surface area contributed by atoms with Crippen LogP contribution in [0.3, 0.4) is 0 Å². The first-order valence-electron chi connectivity index (χ1n) is 9.42. The summed E-state index contributed by atoms with van der Waals surface area (Å²) in [6, 6.07) is 4.40. The smallest absolute Gasteiger partial charge is 0.228 e. The summed E-state index contributed by atoms with van der Waals surface area (Å²) in [6.07, 6.45) is 7.84. The second kappa shape index (κ2) is 6.69. The molecule has 27 heavy (non-hydrogen) atoms. The number of amides is 1. The standard InChI is InChI=1S/C19H22N6OS/c1-2-27-24-10-14(11-24)25-9-13(8-21-25)16-7-17(23-19(26)12-3-4-12)22-18-15(16)5-6-20-18/h5-9,12,14H,2-4,10-11H2,1H3,(H2,20,22,23,26). The van der Waals surface area contributed by atoms with Gasteiger partial charge in [0.1, 0.15) is 11.5 Å². The summed E-state index contributed by atoms with van der Waals surface area (Å²) in [5.74, 6) is 1.92. The lowest BCUT2D eigenvalue weighted by atomic mass is 10.1. The summed E-state index contributed by atoms with van der Waals surface area (Å²) in [6.45, 7) is 4.23. The Balaban J connectivity index is 1.42. The van der Waals surface area contributed by atoms with Crippen LogP contribution in [0, 0.1) is 5.92 Å². The second-order valence-electron chi connectivity index (χ2n) is 7.19. The van der Waals surface area contributed by atoms with Crippen molar-refractivity contribution in [2.75, 3.05) is 24.2 Å². The third kappa shape index (κ3) is 3.23. The summed E-state index contributed by atoms with van der Waals surface area (Å²) < 4.78 is 4.43. The van der Waals surface area contributed by atoms with Crippen molar-refractivity contribution in [2.45, 2.75) is 25.8 Å². The van der Waals surface area contributed by atoms with Crippen molar-refractivity contribution in [1.82, 2.24) is 24.1 Å². The van der Waals surface area contributed by atoms with Crippen molar-refractivity contribution in [3.63, 3.8) is 0 Å². The van der Waals surface area contributed by atoms with E-state index in [1.807, 2.05) is 36.5 Å². The minimum Gasteiger partial charge on any atom is -0.346 e.